The molecule has 0 spiro atoms. The molecule has 0 radical (unpaired) electrons. The molecule has 0 heterocycles. The second-order valence-corrected chi connectivity index (χ2v) is 4.89. The minimum Gasteiger partial charge on any atom is -0.508 e. The zero-order chi connectivity index (χ0) is 13.8. The standard InChI is InChI=1S/C14H18N2O3/c1-9-4-2-3-5-12(9)15-16-14(19)11-8-10(17)6-7-13(11)18/h6-9,17-18H,2-5H2,1H3,(H,16,19)/b15-12-. The number of phenolic OH excluding ortho intramolecular Hbond substituents is 2. The van der Waals surface area contributed by atoms with E-state index in [1.807, 2.05) is 0 Å². The topological polar surface area (TPSA) is 81.9 Å². The van der Waals surface area contributed by atoms with E-state index in [0.29, 0.717) is 5.92 Å². The first kappa shape index (κ1) is 13.4. The van der Waals surface area contributed by atoms with Crippen LogP contribution < -0.4 is 5.43 Å². The van der Waals surface area contributed by atoms with E-state index < -0.39 is 5.91 Å². The lowest BCUT2D eigenvalue weighted by Crippen LogP contribution is -2.24. The molecule has 5 nitrogen and oxygen atoms in total. The first-order valence-electron chi connectivity index (χ1n) is 6.46. The molecule has 1 aliphatic carbocycles. The van der Waals surface area contributed by atoms with Crippen LogP contribution in [0, 0.1) is 5.92 Å². The number of benzene rings is 1. The van der Waals surface area contributed by atoms with E-state index in [9.17, 15) is 15.0 Å². The summed E-state index contributed by atoms with van der Waals surface area (Å²) >= 11 is 0. The summed E-state index contributed by atoms with van der Waals surface area (Å²) in [6, 6.07) is 3.82. The Kier molecular flexibility index (Phi) is 4.04. The molecule has 1 amide bonds. The first-order valence-corrected chi connectivity index (χ1v) is 6.46. The number of carbonyl (C=O) groups is 1. The van der Waals surface area contributed by atoms with Gasteiger partial charge in [0, 0.05) is 5.71 Å². The Morgan fingerprint density at radius 1 is 1.37 bits per heavy atom. The van der Waals surface area contributed by atoms with Crippen molar-refractivity contribution in [2.45, 2.75) is 32.6 Å². The van der Waals surface area contributed by atoms with Crippen LogP contribution in [0.25, 0.3) is 0 Å². The third-order valence-corrected chi connectivity index (χ3v) is 3.41. The van der Waals surface area contributed by atoms with Crippen LogP contribution in [0.2, 0.25) is 0 Å². The van der Waals surface area contributed by atoms with Gasteiger partial charge in [-0.15, -0.1) is 0 Å². The molecule has 3 N–H and O–H groups in total. The summed E-state index contributed by atoms with van der Waals surface area (Å²) in [4.78, 5) is 11.9. The fourth-order valence-electron chi connectivity index (χ4n) is 2.22. The summed E-state index contributed by atoms with van der Waals surface area (Å²) < 4.78 is 0. The maximum Gasteiger partial charge on any atom is 0.275 e. The van der Waals surface area contributed by atoms with Crippen molar-refractivity contribution in [1.29, 1.82) is 0 Å². The second-order valence-electron chi connectivity index (χ2n) is 4.89. The van der Waals surface area contributed by atoms with Crippen molar-refractivity contribution in [2.75, 3.05) is 0 Å². The van der Waals surface area contributed by atoms with E-state index >= 15 is 0 Å². The van der Waals surface area contributed by atoms with Crippen LogP contribution in [-0.4, -0.2) is 21.8 Å². The van der Waals surface area contributed by atoms with Crippen molar-refractivity contribution in [1.82, 2.24) is 5.43 Å². The molecule has 2 rings (SSSR count). The van der Waals surface area contributed by atoms with Crippen LogP contribution in [0.1, 0.15) is 43.0 Å². The van der Waals surface area contributed by atoms with Crippen molar-refractivity contribution in [2.24, 2.45) is 11.0 Å². The molecule has 0 aromatic heterocycles. The van der Waals surface area contributed by atoms with Crippen LogP contribution in [0.4, 0.5) is 0 Å². The maximum atomic E-state index is 11.9. The molecule has 1 aromatic carbocycles. The van der Waals surface area contributed by atoms with Crippen LogP contribution in [0.5, 0.6) is 11.5 Å². The molecule has 1 aromatic rings. The number of carbonyl (C=O) groups excluding carboxylic acids is 1. The Morgan fingerprint density at radius 3 is 2.89 bits per heavy atom. The Hall–Kier alpha value is -2.04. The molecule has 0 bridgehead atoms. The summed E-state index contributed by atoms with van der Waals surface area (Å²) in [5.74, 6) is -0.376. The minimum absolute atomic E-state index is 0.0211. The summed E-state index contributed by atoms with van der Waals surface area (Å²) in [6.07, 6.45) is 4.28. The van der Waals surface area contributed by atoms with E-state index in [4.69, 9.17) is 0 Å². The number of rotatable bonds is 2. The predicted molar refractivity (Wildman–Crippen MR) is 72.3 cm³/mol. The third kappa shape index (κ3) is 3.24. The van der Waals surface area contributed by atoms with E-state index in [1.165, 1.54) is 24.6 Å². The highest BCUT2D eigenvalue weighted by Gasteiger charge is 2.17. The number of amides is 1. The number of hydrogen-bond donors (Lipinski definition) is 3. The average molecular weight is 262 g/mol. The molecule has 19 heavy (non-hydrogen) atoms. The SMILES string of the molecule is CC1CCCC/C1=N/NC(=O)c1cc(O)ccc1O. The Bertz CT molecular complexity index is 511. The quantitative estimate of drug-likeness (QED) is 0.565. The molecular formula is C14H18N2O3. The van der Waals surface area contributed by atoms with Gasteiger partial charge < -0.3 is 10.2 Å². The van der Waals surface area contributed by atoms with E-state index in [-0.39, 0.29) is 17.1 Å². The van der Waals surface area contributed by atoms with E-state index in [0.717, 1.165) is 25.0 Å². The van der Waals surface area contributed by atoms with Gasteiger partial charge in [-0.3, -0.25) is 4.79 Å². The van der Waals surface area contributed by atoms with Crippen LogP contribution in [-0.2, 0) is 0 Å². The van der Waals surface area contributed by atoms with Gasteiger partial charge in [-0.25, -0.2) is 5.43 Å². The Labute approximate surface area is 112 Å². The molecule has 5 heteroatoms. The fraction of sp³-hybridized carbons (Fsp3) is 0.429. The van der Waals surface area contributed by atoms with Crippen molar-refractivity contribution < 1.29 is 15.0 Å². The van der Waals surface area contributed by atoms with Gasteiger partial charge in [-0.2, -0.15) is 5.10 Å². The average Bonchev–Trinajstić information content (AvgIpc) is 2.40. The molecule has 0 aliphatic heterocycles. The third-order valence-electron chi connectivity index (χ3n) is 3.41. The van der Waals surface area contributed by atoms with Gasteiger partial charge in [0.05, 0.1) is 5.56 Å². The lowest BCUT2D eigenvalue weighted by Gasteiger charge is -2.19. The summed E-state index contributed by atoms with van der Waals surface area (Å²) in [6.45, 7) is 2.09. The number of nitrogens with one attached hydrogen (secondary N) is 1. The van der Waals surface area contributed by atoms with Gasteiger partial charge in [0.2, 0.25) is 0 Å². The highest BCUT2D eigenvalue weighted by atomic mass is 16.3. The van der Waals surface area contributed by atoms with Crippen molar-refractivity contribution in [3.8, 4) is 11.5 Å². The zero-order valence-corrected chi connectivity index (χ0v) is 10.9. The summed E-state index contributed by atoms with van der Waals surface area (Å²) in [7, 11) is 0. The number of nitrogens with zero attached hydrogens (tertiary/aromatic N) is 1. The Balaban J connectivity index is 2.08. The lowest BCUT2D eigenvalue weighted by molar-refractivity contribution is 0.0951. The van der Waals surface area contributed by atoms with Crippen molar-refractivity contribution in [3.63, 3.8) is 0 Å². The van der Waals surface area contributed by atoms with Gasteiger partial charge in [0.1, 0.15) is 11.5 Å². The maximum absolute atomic E-state index is 11.9. The van der Waals surface area contributed by atoms with Gasteiger partial charge in [0.25, 0.3) is 5.91 Å². The summed E-state index contributed by atoms with van der Waals surface area (Å²) in [5, 5.41) is 23.0. The van der Waals surface area contributed by atoms with Crippen LogP contribution in [0.3, 0.4) is 0 Å². The number of phenols is 2. The smallest absolute Gasteiger partial charge is 0.275 e. The van der Waals surface area contributed by atoms with E-state index in [1.54, 1.807) is 0 Å². The zero-order valence-electron chi connectivity index (χ0n) is 10.9. The summed E-state index contributed by atoms with van der Waals surface area (Å²) in [5.41, 5.74) is 3.45. The van der Waals surface area contributed by atoms with Crippen LogP contribution >= 0.6 is 0 Å². The molecule has 1 atom stereocenters. The second kappa shape index (κ2) is 5.73. The highest BCUT2D eigenvalue weighted by molar-refractivity contribution is 5.98. The van der Waals surface area contributed by atoms with Gasteiger partial charge in [-0.1, -0.05) is 13.3 Å². The minimum atomic E-state index is -0.515. The first-order chi connectivity index (χ1) is 9.08. The fourth-order valence-corrected chi connectivity index (χ4v) is 2.22. The molecule has 1 unspecified atom stereocenters. The number of aromatic hydroxyl groups is 2. The van der Waals surface area contributed by atoms with Gasteiger partial charge >= 0.3 is 0 Å². The molecule has 1 saturated carbocycles. The van der Waals surface area contributed by atoms with Gasteiger partial charge in [-0.05, 0) is 43.4 Å². The van der Waals surface area contributed by atoms with Gasteiger partial charge in [0.15, 0.2) is 0 Å². The Morgan fingerprint density at radius 2 is 2.16 bits per heavy atom. The largest absolute Gasteiger partial charge is 0.508 e. The van der Waals surface area contributed by atoms with E-state index in [2.05, 4.69) is 17.5 Å². The van der Waals surface area contributed by atoms with Crippen molar-refractivity contribution >= 4 is 11.6 Å². The number of hydrogen-bond acceptors (Lipinski definition) is 4. The lowest BCUT2D eigenvalue weighted by atomic mass is 9.89. The molecule has 1 fully saturated rings. The normalized spacial score (nSPS) is 21.3. The van der Waals surface area contributed by atoms with Crippen molar-refractivity contribution in [3.05, 3.63) is 23.8 Å². The molecule has 0 saturated heterocycles. The molecular weight excluding hydrogens is 244 g/mol. The predicted octanol–water partition coefficient (Wildman–Crippen LogP) is 2.39. The van der Waals surface area contributed by atoms with Crippen LogP contribution in [0.15, 0.2) is 23.3 Å². The number of hydrazone groups is 1. The molecule has 1 aliphatic rings. The highest BCUT2D eigenvalue weighted by Crippen LogP contribution is 2.23. The molecule has 102 valence electrons. The monoisotopic (exact) mass is 262 g/mol.